The first-order valence-corrected chi connectivity index (χ1v) is 11.1. The molecule has 1 atom stereocenters. The average Bonchev–Trinajstić information content (AvgIpc) is 2.64. The summed E-state index contributed by atoms with van der Waals surface area (Å²) < 4.78 is 0. The van der Waals surface area contributed by atoms with Crippen molar-refractivity contribution in [3.05, 3.63) is 77.4 Å². The molecule has 0 fully saturated rings. The van der Waals surface area contributed by atoms with E-state index in [9.17, 15) is 0 Å². The molecule has 0 aromatic heterocycles. The van der Waals surface area contributed by atoms with Gasteiger partial charge in [0.05, 0.1) is 0 Å². The van der Waals surface area contributed by atoms with Crippen molar-refractivity contribution in [3.8, 4) is 0 Å². The quantitative estimate of drug-likeness (QED) is 0.462. The Morgan fingerprint density at radius 2 is 1.14 bits per heavy atom. The van der Waals surface area contributed by atoms with Gasteiger partial charge in [-0.15, -0.1) is 0 Å². The van der Waals surface area contributed by atoms with Crippen molar-refractivity contribution in [3.63, 3.8) is 0 Å². The van der Waals surface area contributed by atoms with Crippen LogP contribution >= 0.6 is 0 Å². The van der Waals surface area contributed by atoms with Gasteiger partial charge in [-0.05, 0) is 62.8 Å². The van der Waals surface area contributed by atoms with Crippen LogP contribution in [0.15, 0.2) is 55.1 Å². The minimum absolute atomic E-state index is 0.194. The van der Waals surface area contributed by atoms with E-state index in [4.69, 9.17) is 0 Å². The summed E-state index contributed by atoms with van der Waals surface area (Å²) in [6.07, 6.45) is 2.17. The second-order valence-electron chi connectivity index (χ2n) is 11.5. The van der Waals surface area contributed by atoms with Gasteiger partial charge < -0.3 is 0 Å². The maximum atomic E-state index is 4.39. The van der Waals surface area contributed by atoms with Gasteiger partial charge in [0.2, 0.25) is 0 Å². The zero-order valence-corrected chi connectivity index (χ0v) is 20.3. The lowest BCUT2D eigenvalue weighted by Crippen LogP contribution is -2.20. The van der Waals surface area contributed by atoms with E-state index >= 15 is 0 Å². The minimum atomic E-state index is 0.194. The molecular formula is C29H42. The van der Waals surface area contributed by atoms with Crippen LogP contribution in [0.4, 0.5) is 0 Å². The molecule has 0 saturated heterocycles. The Bertz CT molecular complexity index is 802. The highest BCUT2D eigenvalue weighted by molar-refractivity contribution is 5.63. The molecule has 158 valence electrons. The van der Waals surface area contributed by atoms with Crippen molar-refractivity contribution in [1.82, 2.24) is 0 Å². The molecule has 0 heterocycles. The van der Waals surface area contributed by atoms with Crippen molar-refractivity contribution in [2.45, 2.75) is 91.9 Å². The minimum Gasteiger partial charge on any atom is -0.0952 e. The summed E-state index contributed by atoms with van der Waals surface area (Å²) in [6.45, 7) is 25.1. The molecule has 2 rings (SSSR count). The van der Waals surface area contributed by atoms with Crippen molar-refractivity contribution < 1.29 is 0 Å². The Kier molecular flexibility index (Phi) is 6.88. The van der Waals surface area contributed by atoms with E-state index in [2.05, 4.69) is 117 Å². The SMILES string of the molecule is C=C(CCC(C)(C)C(C)c1ccc(C(C)(C)C)cc1)c1ccc(C(C)(C)C)cc1. The van der Waals surface area contributed by atoms with Crippen molar-refractivity contribution in [2.75, 3.05) is 0 Å². The molecule has 1 unspecified atom stereocenters. The predicted octanol–water partition coefficient (Wildman–Crippen LogP) is 8.90. The number of allylic oxidation sites excluding steroid dienone is 1. The van der Waals surface area contributed by atoms with Crippen LogP contribution in [-0.2, 0) is 10.8 Å². The molecule has 0 saturated carbocycles. The molecule has 0 aliphatic heterocycles. The second kappa shape index (κ2) is 8.50. The lowest BCUT2D eigenvalue weighted by molar-refractivity contribution is 0.280. The Labute approximate surface area is 180 Å². The molecule has 0 nitrogen and oxygen atoms in total. The highest BCUT2D eigenvalue weighted by Gasteiger charge is 2.27. The molecule has 0 spiro atoms. The molecule has 0 radical (unpaired) electrons. The molecule has 0 bridgehead atoms. The average molecular weight is 391 g/mol. The van der Waals surface area contributed by atoms with Crippen LogP contribution in [0.25, 0.3) is 5.57 Å². The van der Waals surface area contributed by atoms with Gasteiger partial charge in [0.25, 0.3) is 0 Å². The van der Waals surface area contributed by atoms with E-state index in [1.807, 2.05) is 0 Å². The molecule has 0 aliphatic rings. The fourth-order valence-corrected chi connectivity index (χ4v) is 3.76. The summed E-state index contributed by atoms with van der Waals surface area (Å²) in [5.41, 5.74) is 7.35. The van der Waals surface area contributed by atoms with Gasteiger partial charge in [0.1, 0.15) is 0 Å². The Hall–Kier alpha value is -1.82. The molecule has 2 aromatic rings. The van der Waals surface area contributed by atoms with Gasteiger partial charge in [-0.2, -0.15) is 0 Å². The smallest absolute Gasteiger partial charge is 0.0132 e. The maximum absolute atomic E-state index is 4.39. The van der Waals surface area contributed by atoms with Crippen LogP contribution in [0.2, 0.25) is 0 Å². The van der Waals surface area contributed by atoms with Gasteiger partial charge in [-0.3, -0.25) is 0 Å². The number of rotatable bonds is 6. The first kappa shape index (κ1) is 23.5. The lowest BCUT2D eigenvalue weighted by Gasteiger charge is -2.33. The fourth-order valence-electron chi connectivity index (χ4n) is 3.76. The van der Waals surface area contributed by atoms with Crippen LogP contribution in [0.3, 0.4) is 0 Å². The van der Waals surface area contributed by atoms with Crippen LogP contribution in [-0.4, -0.2) is 0 Å². The highest BCUT2D eigenvalue weighted by Crippen LogP contribution is 2.41. The van der Waals surface area contributed by atoms with E-state index in [1.54, 1.807) is 0 Å². The van der Waals surface area contributed by atoms with Gasteiger partial charge in [-0.25, -0.2) is 0 Å². The van der Waals surface area contributed by atoms with Crippen molar-refractivity contribution in [2.24, 2.45) is 5.41 Å². The Balaban J connectivity index is 2.03. The maximum Gasteiger partial charge on any atom is -0.0132 e. The summed E-state index contributed by atoms with van der Waals surface area (Å²) in [4.78, 5) is 0. The van der Waals surface area contributed by atoms with E-state index in [1.165, 1.54) is 27.8 Å². The summed E-state index contributed by atoms with van der Waals surface area (Å²) in [6, 6.07) is 18.3. The number of hydrogen-bond acceptors (Lipinski definition) is 0. The van der Waals surface area contributed by atoms with Crippen LogP contribution in [0.1, 0.15) is 103 Å². The zero-order valence-electron chi connectivity index (χ0n) is 20.3. The largest absolute Gasteiger partial charge is 0.0952 e. The summed E-state index contributed by atoms with van der Waals surface area (Å²) in [5.74, 6) is 0.507. The van der Waals surface area contributed by atoms with E-state index in [0.29, 0.717) is 5.92 Å². The van der Waals surface area contributed by atoms with E-state index < -0.39 is 0 Å². The molecule has 0 aliphatic carbocycles. The summed E-state index contributed by atoms with van der Waals surface area (Å²) >= 11 is 0. The molecule has 0 amide bonds. The standard InChI is InChI=1S/C29H42/c1-21(23-11-15-25(16-12-23)27(3,4)5)19-20-29(9,10)22(2)24-13-17-26(18-14-24)28(6,7)8/h11-18,22H,1,19-20H2,2-10H3. The number of hydrogen-bond donors (Lipinski definition) is 0. The molecule has 2 aromatic carbocycles. The molecule has 29 heavy (non-hydrogen) atoms. The van der Waals surface area contributed by atoms with Crippen LogP contribution in [0, 0.1) is 5.41 Å². The molecule has 0 N–H and O–H groups in total. The monoisotopic (exact) mass is 390 g/mol. The summed E-state index contributed by atoms with van der Waals surface area (Å²) in [5, 5.41) is 0. The van der Waals surface area contributed by atoms with Crippen molar-refractivity contribution in [1.29, 1.82) is 0 Å². The first-order valence-electron chi connectivity index (χ1n) is 11.1. The third kappa shape index (κ3) is 6.08. The Morgan fingerprint density at radius 1 is 0.724 bits per heavy atom. The fraction of sp³-hybridized carbons (Fsp3) is 0.517. The third-order valence-corrected chi connectivity index (χ3v) is 6.68. The van der Waals surface area contributed by atoms with E-state index in [-0.39, 0.29) is 16.2 Å². The lowest BCUT2D eigenvalue weighted by atomic mass is 9.72. The zero-order chi connectivity index (χ0) is 22.0. The normalized spacial score (nSPS) is 14.0. The predicted molar refractivity (Wildman–Crippen MR) is 131 cm³/mol. The summed E-state index contributed by atoms with van der Waals surface area (Å²) in [7, 11) is 0. The van der Waals surface area contributed by atoms with Crippen LogP contribution < -0.4 is 0 Å². The topological polar surface area (TPSA) is 0 Å². The Morgan fingerprint density at radius 3 is 1.55 bits per heavy atom. The third-order valence-electron chi connectivity index (χ3n) is 6.68. The van der Waals surface area contributed by atoms with Crippen LogP contribution in [0.5, 0.6) is 0 Å². The van der Waals surface area contributed by atoms with E-state index in [0.717, 1.165) is 12.8 Å². The second-order valence-corrected chi connectivity index (χ2v) is 11.5. The van der Waals surface area contributed by atoms with Gasteiger partial charge in [-0.1, -0.05) is 117 Å². The number of benzene rings is 2. The van der Waals surface area contributed by atoms with Crippen molar-refractivity contribution >= 4 is 5.57 Å². The first-order chi connectivity index (χ1) is 13.2. The van der Waals surface area contributed by atoms with Gasteiger partial charge >= 0.3 is 0 Å². The van der Waals surface area contributed by atoms with Gasteiger partial charge in [0, 0.05) is 0 Å². The molecule has 0 heteroatoms. The van der Waals surface area contributed by atoms with Gasteiger partial charge in [0.15, 0.2) is 0 Å². The highest BCUT2D eigenvalue weighted by atomic mass is 14.3. The molecular weight excluding hydrogens is 348 g/mol.